The van der Waals surface area contributed by atoms with Crippen LogP contribution in [-0.2, 0) is 0 Å². The predicted molar refractivity (Wildman–Crippen MR) is 60.9 cm³/mol. The first-order valence-electron chi connectivity index (χ1n) is 5.71. The summed E-state index contributed by atoms with van der Waals surface area (Å²) in [5.41, 5.74) is 0. The Morgan fingerprint density at radius 2 is 2.00 bits per heavy atom. The first-order valence-corrected chi connectivity index (χ1v) is 5.71. The van der Waals surface area contributed by atoms with Gasteiger partial charge in [-0.1, -0.05) is 13.8 Å². The van der Waals surface area contributed by atoms with Crippen LogP contribution < -0.4 is 5.32 Å². The van der Waals surface area contributed by atoms with Gasteiger partial charge in [-0.05, 0) is 19.3 Å². The van der Waals surface area contributed by atoms with Gasteiger partial charge in [0.05, 0.1) is 6.04 Å². The fourth-order valence-electron chi connectivity index (χ4n) is 1.63. The highest BCUT2D eigenvalue weighted by molar-refractivity contribution is 4.88. The van der Waals surface area contributed by atoms with E-state index in [-0.39, 0.29) is 18.7 Å². The molecule has 0 aliphatic heterocycles. The van der Waals surface area contributed by atoms with Crippen molar-refractivity contribution in [2.24, 2.45) is 5.92 Å². The van der Waals surface area contributed by atoms with Crippen LogP contribution >= 0.6 is 0 Å². The van der Waals surface area contributed by atoms with Gasteiger partial charge >= 0.3 is 0 Å². The first-order chi connectivity index (χ1) is 7.54. The van der Waals surface area contributed by atoms with E-state index in [1.165, 1.54) is 0 Å². The summed E-state index contributed by atoms with van der Waals surface area (Å²) in [4.78, 5) is 0. The number of aryl methyl sites for hydroxylation is 1. The summed E-state index contributed by atoms with van der Waals surface area (Å²) >= 11 is 0. The van der Waals surface area contributed by atoms with E-state index < -0.39 is 0 Å². The number of hydrogen-bond donors (Lipinski definition) is 2. The molecule has 0 aliphatic rings. The molecular weight excluding hydrogens is 206 g/mol. The molecule has 1 aromatic rings. The van der Waals surface area contributed by atoms with Crippen LogP contribution in [0.1, 0.15) is 45.0 Å². The highest BCUT2D eigenvalue weighted by Crippen LogP contribution is 2.15. The Hall–Kier alpha value is -0.940. The van der Waals surface area contributed by atoms with Gasteiger partial charge in [0.25, 0.3) is 0 Å². The molecule has 5 nitrogen and oxygen atoms in total. The van der Waals surface area contributed by atoms with Crippen molar-refractivity contribution in [1.29, 1.82) is 0 Å². The summed E-state index contributed by atoms with van der Waals surface area (Å²) < 4.78 is 5.36. The van der Waals surface area contributed by atoms with Gasteiger partial charge in [0.1, 0.15) is 0 Å². The zero-order valence-electron chi connectivity index (χ0n) is 10.4. The van der Waals surface area contributed by atoms with Crippen molar-refractivity contribution in [1.82, 2.24) is 15.5 Å². The van der Waals surface area contributed by atoms with Crippen molar-refractivity contribution in [3.05, 3.63) is 11.8 Å². The monoisotopic (exact) mass is 227 g/mol. The molecule has 0 unspecified atom stereocenters. The largest absolute Gasteiger partial charge is 0.424 e. The van der Waals surface area contributed by atoms with E-state index in [2.05, 4.69) is 29.4 Å². The molecule has 92 valence electrons. The number of rotatable bonds is 6. The molecule has 1 heterocycles. The summed E-state index contributed by atoms with van der Waals surface area (Å²) in [5, 5.41) is 20.1. The Kier molecular flexibility index (Phi) is 4.89. The second-order valence-electron chi connectivity index (χ2n) is 4.41. The Balaban J connectivity index is 2.57. The molecule has 0 spiro atoms. The summed E-state index contributed by atoms with van der Waals surface area (Å²) in [5.74, 6) is 1.63. The third-order valence-electron chi connectivity index (χ3n) is 2.62. The fraction of sp³-hybridized carbons (Fsp3) is 0.818. The SMILES string of the molecule is Cc1nnc([C@@H](C)N[C@@H](CCO)C(C)C)o1. The Morgan fingerprint density at radius 1 is 1.31 bits per heavy atom. The van der Waals surface area contributed by atoms with Crippen LogP contribution in [0.25, 0.3) is 0 Å². The number of aromatic nitrogens is 2. The van der Waals surface area contributed by atoms with Crippen molar-refractivity contribution in [3.8, 4) is 0 Å². The van der Waals surface area contributed by atoms with E-state index in [9.17, 15) is 0 Å². The number of aliphatic hydroxyl groups is 1. The maximum absolute atomic E-state index is 8.98. The minimum atomic E-state index is 0.0140. The maximum Gasteiger partial charge on any atom is 0.233 e. The number of aliphatic hydroxyl groups excluding tert-OH is 1. The Bertz CT molecular complexity index is 312. The minimum Gasteiger partial charge on any atom is -0.424 e. The van der Waals surface area contributed by atoms with Crippen LogP contribution in [0.15, 0.2) is 4.42 Å². The standard InChI is InChI=1S/C11H21N3O2/c1-7(2)10(5-6-15)12-8(3)11-14-13-9(4)16-11/h7-8,10,12,15H,5-6H2,1-4H3/t8-,10+/m1/s1. The quantitative estimate of drug-likeness (QED) is 0.769. The van der Waals surface area contributed by atoms with E-state index in [1.54, 1.807) is 6.92 Å². The van der Waals surface area contributed by atoms with Gasteiger partial charge in [0.15, 0.2) is 0 Å². The lowest BCUT2D eigenvalue weighted by atomic mass is 10.0. The summed E-state index contributed by atoms with van der Waals surface area (Å²) in [6.45, 7) is 8.19. The zero-order chi connectivity index (χ0) is 12.1. The minimum absolute atomic E-state index is 0.0140. The highest BCUT2D eigenvalue weighted by Gasteiger charge is 2.19. The van der Waals surface area contributed by atoms with Gasteiger partial charge in [0.2, 0.25) is 11.8 Å². The van der Waals surface area contributed by atoms with Gasteiger partial charge in [-0.2, -0.15) is 0 Å². The van der Waals surface area contributed by atoms with Crippen LogP contribution in [0.2, 0.25) is 0 Å². The van der Waals surface area contributed by atoms with Gasteiger partial charge < -0.3 is 14.8 Å². The molecule has 2 atom stereocenters. The predicted octanol–water partition coefficient (Wildman–Crippen LogP) is 1.44. The topological polar surface area (TPSA) is 71.2 Å². The molecule has 0 bridgehead atoms. The molecular formula is C11H21N3O2. The molecule has 16 heavy (non-hydrogen) atoms. The van der Waals surface area contributed by atoms with E-state index in [1.807, 2.05) is 6.92 Å². The van der Waals surface area contributed by atoms with E-state index in [0.29, 0.717) is 17.7 Å². The normalized spacial score (nSPS) is 15.4. The smallest absolute Gasteiger partial charge is 0.233 e. The molecule has 1 aromatic heterocycles. The molecule has 0 amide bonds. The Labute approximate surface area is 96.3 Å². The lowest BCUT2D eigenvalue weighted by Gasteiger charge is -2.24. The molecule has 0 radical (unpaired) electrons. The molecule has 0 aromatic carbocycles. The maximum atomic E-state index is 8.98. The summed E-state index contributed by atoms with van der Waals surface area (Å²) in [6, 6.07) is 0.271. The summed E-state index contributed by atoms with van der Waals surface area (Å²) in [7, 11) is 0. The fourth-order valence-corrected chi connectivity index (χ4v) is 1.63. The molecule has 0 saturated heterocycles. The highest BCUT2D eigenvalue weighted by atomic mass is 16.4. The van der Waals surface area contributed by atoms with E-state index in [0.717, 1.165) is 6.42 Å². The van der Waals surface area contributed by atoms with Crippen molar-refractivity contribution in [2.75, 3.05) is 6.61 Å². The van der Waals surface area contributed by atoms with Crippen LogP contribution in [0.4, 0.5) is 0 Å². The molecule has 0 saturated carbocycles. The second kappa shape index (κ2) is 5.96. The first kappa shape index (κ1) is 13.1. The van der Waals surface area contributed by atoms with Crippen LogP contribution in [0.3, 0.4) is 0 Å². The molecule has 2 N–H and O–H groups in total. The van der Waals surface area contributed by atoms with E-state index in [4.69, 9.17) is 9.52 Å². The average Bonchev–Trinajstić information content (AvgIpc) is 2.64. The van der Waals surface area contributed by atoms with Crippen LogP contribution in [0.5, 0.6) is 0 Å². The van der Waals surface area contributed by atoms with Gasteiger partial charge in [-0.3, -0.25) is 0 Å². The van der Waals surface area contributed by atoms with E-state index >= 15 is 0 Å². The second-order valence-corrected chi connectivity index (χ2v) is 4.41. The molecule has 1 rings (SSSR count). The third kappa shape index (κ3) is 3.57. The van der Waals surface area contributed by atoms with Crippen LogP contribution in [0, 0.1) is 12.8 Å². The lowest BCUT2D eigenvalue weighted by molar-refractivity contribution is 0.230. The van der Waals surface area contributed by atoms with Crippen LogP contribution in [-0.4, -0.2) is 28.0 Å². The van der Waals surface area contributed by atoms with Gasteiger partial charge in [-0.15, -0.1) is 10.2 Å². The van der Waals surface area contributed by atoms with Gasteiger partial charge in [-0.25, -0.2) is 0 Å². The average molecular weight is 227 g/mol. The third-order valence-corrected chi connectivity index (χ3v) is 2.62. The molecule has 5 heteroatoms. The van der Waals surface area contributed by atoms with Crippen molar-refractivity contribution in [2.45, 2.75) is 46.2 Å². The number of nitrogens with zero attached hydrogens (tertiary/aromatic N) is 2. The van der Waals surface area contributed by atoms with Crippen molar-refractivity contribution < 1.29 is 9.52 Å². The van der Waals surface area contributed by atoms with Crippen molar-refractivity contribution in [3.63, 3.8) is 0 Å². The van der Waals surface area contributed by atoms with Crippen molar-refractivity contribution >= 4 is 0 Å². The van der Waals surface area contributed by atoms with Gasteiger partial charge in [0, 0.05) is 19.6 Å². The number of nitrogens with one attached hydrogen (secondary N) is 1. The number of hydrogen-bond acceptors (Lipinski definition) is 5. The zero-order valence-corrected chi connectivity index (χ0v) is 10.4. The Morgan fingerprint density at radius 3 is 2.44 bits per heavy atom. The lowest BCUT2D eigenvalue weighted by Crippen LogP contribution is -2.36. The summed E-state index contributed by atoms with van der Waals surface area (Å²) in [6.07, 6.45) is 0.731. The molecule has 0 aliphatic carbocycles. The molecule has 0 fully saturated rings.